The number of ether oxygens (including phenoxy) is 1. The highest BCUT2D eigenvalue weighted by molar-refractivity contribution is 7.12. The Morgan fingerprint density at radius 2 is 2.35 bits per heavy atom. The number of thiophene rings is 1. The minimum atomic E-state index is -0.972. The number of carbonyl (C=O) groups excluding carboxylic acids is 1. The fourth-order valence-corrected chi connectivity index (χ4v) is 2.23. The summed E-state index contributed by atoms with van der Waals surface area (Å²) in [6.45, 7) is 0.135. The van der Waals surface area contributed by atoms with Crippen LogP contribution < -0.4 is 5.32 Å². The van der Waals surface area contributed by atoms with Crippen LogP contribution in [0.5, 0.6) is 0 Å². The number of halogens is 1. The lowest BCUT2D eigenvalue weighted by Crippen LogP contribution is -2.34. The second-order valence-corrected chi connectivity index (χ2v) is 4.59. The molecule has 0 bridgehead atoms. The van der Waals surface area contributed by atoms with Crippen molar-refractivity contribution in [2.75, 3.05) is 13.7 Å². The summed E-state index contributed by atoms with van der Waals surface area (Å²) in [4.78, 5) is 22.5. The van der Waals surface area contributed by atoms with Crippen LogP contribution in [0, 0.1) is 0 Å². The van der Waals surface area contributed by atoms with Crippen molar-refractivity contribution in [3.05, 3.63) is 21.3 Å². The van der Waals surface area contributed by atoms with Crippen molar-refractivity contribution in [2.24, 2.45) is 0 Å². The number of aliphatic carboxylic acids is 1. The minimum absolute atomic E-state index is 0.135. The number of carboxylic acids is 1. The normalized spacial score (nSPS) is 12.1. The van der Waals surface area contributed by atoms with Gasteiger partial charge in [-0.3, -0.25) is 9.59 Å². The van der Waals surface area contributed by atoms with E-state index in [-0.39, 0.29) is 18.9 Å². The fraction of sp³-hybridized carbons (Fsp3) is 0.400. The summed E-state index contributed by atoms with van der Waals surface area (Å²) in [6, 6.07) is 1.63. The third-order valence-corrected chi connectivity index (χ3v) is 3.39. The van der Waals surface area contributed by atoms with Gasteiger partial charge in [-0.15, -0.1) is 11.3 Å². The Balaban J connectivity index is 2.47. The molecule has 94 valence electrons. The summed E-state index contributed by atoms with van der Waals surface area (Å²) in [5.41, 5.74) is 0. The van der Waals surface area contributed by atoms with Gasteiger partial charge < -0.3 is 15.2 Å². The largest absolute Gasteiger partial charge is 0.481 e. The molecule has 0 spiro atoms. The van der Waals surface area contributed by atoms with Gasteiger partial charge in [0.15, 0.2) is 0 Å². The van der Waals surface area contributed by atoms with Gasteiger partial charge in [-0.2, -0.15) is 0 Å². The Morgan fingerprint density at radius 3 is 2.82 bits per heavy atom. The van der Waals surface area contributed by atoms with E-state index in [0.717, 1.165) is 0 Å². The Labute approximate surface area is 107 Å². The van der Waals surface area contributed by atoms with E-state index in [4.69, 9.17) is 21.4 Å². The van der Waals surface area contributed by atoms with Gasteiger partial charge in [0.05, 0.1) is 17.5 Å². The molecule has 1 unspecified atom stereocenters. The van der Waals surface area contributed by atoms with Gasteiger partial charge in [0.1, 0.15) is 4.88 Å². The van der Waals surface area contributed by atoms with E-state index in [1.807, 2.05) is 0 Å². The summed E-state index contributed by atoms with van der Waals surface area (Å²) < 4.78 is 4.93. The van der Waals surface area contributed by atoms with Crippen molar-refractivity contribution >= 4 is 34.8 Å². The average molecular weight is 278 g/mol. The summed E-state index contributed by atoms with van der Waals surface area (Å²) in [5, 5.41) is 13.3. The Bertz CT molecular complexity index is 407. The second kappa shape index (κ2) is 6.58. The monoisotopic (exact) mass is 277 g/mol. The van der Waals surface area contributed by atoms with Crippen molar-refractivity contribution in [3.8, 4) is 0 Å². The van der Waals surface area contributed by atoms with E-state index < -0.39 is 12.1 Å². The molecule has 17 heavy (non-hydrogen) atoms. The predicted octanol–water partition coefficient (Wildman–Crippen LogP) is 1.62. The van der Waals surface area contributed by atoms with Gasteiger partial charge >= 0.3 is 5.97 Å². The van der Waals surface area contributed by atoms with E-state index in [9.17, 15) is 9.59 Å². The molecule has 0 aliphatic carbocycles. The summed E-state index contributed by atoms with van der Waals surface area (Å²) in [7, 11) is 1.40. The van der Waals surface area contributed by atoms with Crippen LogP contribution in [-0.4, -0.2) is 36.7 Å². The summed E-state index contributed by atoms with van der Waals surface area (Å²) in [5.74, 6) is -1.29. The van der Waals surface area contributed by atoms with Crippen LogP contribution in [0.15, 0.2) is 11.4 Å². The van der Waals surface area contributed by atoms with E-state index in [1.54, 1.807) is 11.4 Å². The van der Waals surface area contributed by atoms with E-state index in [0.29, 0.717) is 9.90 Å². The van der Waals surface area contributed by atoms with E-state index in [2.05, 4.69) is 5.32 Å². The van der Waals surface area contributed by atoms with Gasteiger partial charge in [0, 0.05) is 13.7 Å². The fourth-order valence-electron chi connectivity index (χ4n) is 1.18. The Morgan fingerprint density at radius 1 is 1.65 bits per heavy atom. The molecule has 1 rings (SSSR count). The standard InChI is InChI=1S/C10H12ClNO4S/c1-16-6(4-8(13)14)5-12-10(15)9-7(11)2-3-17-9/h2-3,6H,4-5H2,1H3,(H,12,15)(H,13,14). The Hall–Kier alpha value is -1.11. The van der Waals surface area contributed by atoms with Crippen LogP contribution in [0.2, 0.25) is 5.02 Å². The lowest BCUT2D eigenvalue weighted by molar-refractivity contribution is -0.139. The third kappa shape index (κ3) is 4.33. The summed E-state index contributed by atoms with van der Waals surface area (Å²) in [6.07, 6.45) is -0.704. The number of hydrogen-bond acceptors (Lipinski definition) is 4. The molecular weight excluding hydrogens is 266 g/mol. The predicted molar refractivity (Wildman–Crippen MR) is 64.7 cm³/mol. The molecule has 1 amide bonds. The average Bonchev–Trinajstić information content (AvgIpc) is 2.69. The lowest BCUT2D eigenvalue weighted by atomic mass is 10.2. The highest BCUT2D eigenvalue weighted by Gasteiger charge is 2.16. The smallest absolute Gasteiger partial charge is 0.306 e. The maximum absolute atomic E-state index is 11.6. The van der Waals surface area contributed by atoms with Gasteiger partial charge in [0.2, 0.25) is 0 Å². The van der Waals surface area contributed by atoms with Crippen LogP contribution in [-0.2, 0) is 9.53 Å². The first-order chi connectivity index (χ1) is 8.04. The minimum Gasteiger partial charge on any atom is -0.481 e. The quantitative estimate of drug-likeness (QED) is 0.828. The molecule has 1 atom stereocenters. The van der Waals surface area contributed by atoms with Gasteiger partial charge in [-0.1, -0.05) is 11.6 Å². The molecule has 0 aromatic carbocycles. The van der Waals surface area contributed by atoms with Crippen LogP contribution in [0.4, 0.5) is 0 Å². The SMILES string of the molecule is COC(CNC(=O)c1sccc1Cl)CC(=O)O. The molecule has 0 fully saturated rings. The lowest BCUT2D eigenvalue weighted by Gasteiger charge is -2.13. The van der Waals surface area contributed by atoms with Gasteiger partial charge in [-0.25, -0.2) is 0 Å². The molecule has 7 heteroatoms. The van der Waals surface area contributed by atoms with Crippen molar-refractivity contribution in [1.82, 2.24) is 5.32 Å². The second-order valence-electron chi connectivity index (χ2n) is 3.26. The zero-order valence-corrected chi connectivity index (χ0v) is 10.7. The summed E-state index contributed by atoms with van der Waals surface area (Å²) >= 11 is 7.02. The zero-order valence-electron chi connectivity index (χ0n) is 9.10. The number of rotatable bonds is 6. The molecule has 2 N–H and O–H groups in total. The topological polar surface area (TPSA) is 75.6 Å². The third-order valence-electron chi connectivity index (χ3n) is 2.05. The van der Waals surface area contributed by atoms with Gasteiger partial charge in [-0.05, 0) is 11.4 Å². The van der Waals surface area contributed by atoms with E-state index in [1.165, 1.54) is 18.4 Å². The van der Waals surface area contributed by atoms with Crippen LogP contribution in [0.3, 0.4) is 0 Å². The number of methoxy groups -OCH3 is 1. The molecule has 0 radical (unpaired) electrons. The molecule has 5 nitrogen and oxygen atoms in total. The highest BCUT2D eigenvalue weighted by Crippen LogP contribution is 2.21. The number of nitrogens with one attached hydrogen (secondary N) is 1. The Kier molecular flexibility index (Phi) is 5.40. The van der Waals surface area contributed by atoms with Crippen molar-refractivity contribution < 1.29 is 19.4 Å². The molecule has 1 aromatic rings. The van der Waals surface area contributed by atoms with Crippen molar-refractivity contribution in [2.45, 2.75) is 12.5 Å². The molecule has 0 saturated heterocycles. The molecule has 0 aliphatic heterocycles. The maximum Gasteiger partial charge on any atom is 0.306 e. The van der Waals surface area contributed by atoms with E-state index >= 15 is 0 Å². The number of hydrogen-bond donors (Lipinski definition) is 2. The van der Waals surface area contributed by atoms with Gasteiger partial charge in [0.25, 0.3) is 5.91 Å². The molecule has 1 heterocycles. The van der Waals surface area contributed by atoms with Crippen LogP contribution in [0.1, 0.15) is 16.1 Å². The molecule has 1 aromatic heterocycles. The first kappa shape index (κ1) is 14.0. The maximum atomic E-state index is 11.6. The number of carboxylic acid groups (broad SMARTS) is 1. The first-order valence-electron chi connectivity index (χ1n) is 4.80. The van der Waals surface area contributed by atoms with Crippen molar-refractivity contribution in [3.63, 3.8) is 0 Å². The number of amides is 1. The van der Waals surface area contributed by atoms with Crippen LogP contribution >= 0.6 is 22.9 Å². The molecule has 0 saturated carbocycles. The highest BCUT2D eigenvalue weighted by atomic mass is 35.5. The molecular formula is C10H12ClNO4S. The molecule has 0 aliphatic rings. The van der Waals surface area contributed by atoms with Crippen molar-refractivity contribution in [1.29, 1.82) is 0 Å². The zero-order chi connectivity index (χ0) is 12.8. The number of carbonyl (C=O) groups is 2. The first-order valence-corrected chi connectivity index (χ1v) is 6.06. The van der Waals surface area contributed by atoms with Crippen LogP contribution in [0.25, 0.3) is 0 Å².